The Morgan fingerprint density at radius 3 is 2.05 bits per heavy atom. The highest BCUT2D eigenvalue weighted by Gasteiger charge is 2.29. The standard InChI is InChI=1S/C18H16O2/c1-2-3-6-12-9-10-15-16(11-12)18(20)14-8-5-4-7-13(14)17(15)19/h4-5,7-11H,2-3,6H2,1H3. The monoisotopic (exact) mass is 264 g/mol. The molecule has 0 aliphatic heterocycles. The molecular weight excluding hydrogens is 248 g/mol. The van der Waals surface area contributed by atoms with E-state index < -0.39 is 0 Å². The number of aryl methyl sites for hydroxylation is 1. The first-order valence-electron chi connectivity index (χ1n) is 7.03. The van der Waals surface area contributed by atoms with Crippen molar-refractivity contribution in [2.75, 3.05) is 0 Å². The Hall–Kier alpha value is -2.22. The van der Waals surface area contributed by atoms with Crippen molar-refractivity contribution in [1.82, 2.24) is 0 Å². The van der Waals surface area contributed by atoms with Crippen LogP contribution in [0.3, 0.4) is 0 Å². The highest BCUT2D eigenvalue weighted by atomic mass is 16.1. The molecule has 0 saturated heterocycles. The van der Waals surface area contributed by atoms with Crippen molar-refractivity contribution in [3.8, 4) is 0 Å². The number of rotatable bonds is 3. The van der Waals surface area contributed by atoms with Gasteiger partial charge in [-0.3, -0.25) is 9.59 Å². The maximum atomic E-state index is 12.5. The molecule has 0 saturated carbocycles. The highest BCUT2D eigenvalue weighted by molar-refractivity contribution is 6.28. The molecule has 0 radical (unpaired) electrons. The number of ketones is 2. The van der Waals surface area contributed by atoms with E-state index in [4.69, 9.17) is 0 Å². The molecule has 100 valence electrons. The Morgan fingerprint density at radius 1 is 0.800 bits per heavy atom. The summed E-state index contributed by atoms with van der Waals surface area (Å²) in [5, 5.41) is 0. The second kappa shape index (κ2) is 5.04. The topological polar surface area (TPSA) is 34.1 Å². The van der Waals surface area contributed by atoms with Gasteiger partial charge in [0.2, 0.25) is 0 Å². The minimum absolute atomic E-state index is 0.0338. The van der Waals surface area contributed by atoms with E-state index in [1.807, 2.05) is 12.1 Å². The first-order valence-corrected chi connectivity index (χ1v) is 7.03. The van der Waals surface area contributed by atoms with E-state index in [0.717, 1.165) is 24.8 Å². The van der Waals surface area contributed by atoms with E-state index in [1.165, 1.54) is 0 Å². The highest BCUT2D eigenvalue weighted by Crippen LogP contribution is 2.28. The number of unbranched alkanes of at least 4 members (excludes halogenated alkanes) is 1. The second-order valence-electron chi connectivity index (χ2n) is 5.19. The minimum atomic E-state index is -0.0442. The van der Waals surface area contributed by atoms with Gasteiger partial charge in [-0.25, -0.2) is 0 Å². The lowest BCUT2D eigenvalue weighted by Crippen LogP contribution is -2.20. The average Bonchev–Trinajstić information content (AvgIpc) is 2.50. The first kappa shape index (κ1) is 12.8. The van der Waals surface area contributed by atoms with Gasteiger partial charge < -0.3 is 0 Å². The molecule has 0 amide bonds. The number of hydrogen-bond acceptors (Lipinski definition) is 2. The van der Waals surface area contributed by atoms with Gasteiger partial charge in [-0.05, 0) is 24.5 Å². The molecule has 1 aliphatic carbocycles. The summed E-state index contributed by atoms with van der Waals surface area (Å²) in [5.41, 5.74) is 3.27. The average molecular weight is 264 g/mol. The van der Waals surface area contributed by atoms with E-state index in [9.17, 15) is 9.59 Å². The molecule has 0 heterocycles. The van der Waals surface area contributed by atoms with Crippen LogP contribution in [-0.2, 0) is 6.42 Å². The van der Waals surface area contributed by atoms with Crippen LogP contribution in [0.1, 0.15) is 57.2 Å². The molecule has 1 aliphatic rings. The molecule has 20 heavy (non-hydrogen) atoms. The fraction of sp³-hybridized carbons (Fsp3) is 0.222. The fourth-order valence-corrected chi connectivity index (χ4v) is 2.68. The van der Waals surface area contributed by atoms with Gasteiger partial charge in [0.25, 0.3) is 0 Å². The van der Waals surface area contributed by atoms with Crippen molar-refractivity contribution < 1.29 is 9.59 Å². The lowest BCUT2D eigenvalue weighted by atomic mass is 9.83. The fourth-order valence-electron chi connectivity index (χ4n) is 2.68. The quantitative estimate of drug-likeness (QED) is 0.721. The maximum absolute atomic E-state index is 12.5. The van der Waals surface area contributed by atoms with E-state index in [1.54, 1.807) is 30.3 Å². The second-order valence-corrected chi connectivity index (χ2v) is 5.19. The third-order valence-corrected chi connectivity index (χ3v) is 3.81. The van der Waals surface area contributed by atoms with Crippen LogP contribution in [0, 0.1) is 0 Å². The number of hydrogen-bond donors (Lipinski definition) is 0. The smallest absolute Gasteiger partial charge is 0.194 e. The van der Waals surface area contributed by atoms with Crippen molar-refractivity contribution in [1.29, 1.82) is 0 Å². The summed E-state index contributed by atoms with van der Waals surface area (Å²) in [5.74, 6) is -0.0780. The molecule has 0 unspecified atom stereocenters. The lowest BCUT2D eigenvalue weighted by Gasteiger charge is -2.18. The summed E-state index contributed by atoms with van der Waals surface area (Å²) in [7, 11) is 0. The van der Waals surface area contributed by atoms with Gasteiger partial charge in [-0.1, -0.05) is 49.7 Å². The lowest BCUT2D eigenvalue weighted by molar-refractivity contribution is 0.0979. The van der Waals surface area contributed by atoms with Crippen molar-refractivity contribution in [2.45, 2.75) is 26.2 Å². The Labute approximate surface area is 118 Å². The van der Waals surface area contributed by atoms with E-state index in [-0.39, 0.29) is 11.6 Å². The molecule has 0 bridgehead atoms. The van der Waals surface area contributed by atoms with Crippen LogP contribution >= 0.6 is 0 Å². The van der Waals surface area contributed by atoms with Gasteiger partial charge in [0.1, 0.15) is 0 Å². The number of benzene rings is 2. The predicted octanol–water partition coefficient (Wildman–Crippen LogP) is 3.80. The van der Waals surface area contributed by atoms with Gasteiger partial charge >= 0.3 is 0 Å². The molecule has 2 aromatic carbocycles. The molecule has 0 aromatic heterocycles. The normalized spacial score (nSPS) is 13.1. The Balaban J connectivity index is 2.09. The summed E-state index contributed by atoms with van der Waals surface area (Å²) >= 11 is 0. The summed E-state index contributed by atoms with van der Waals surface area (Å²) in [6.45, 7) is 2.14. The van der Waals surface area contributed by atoms with Crippen LogP contribution in [0.2, 0.25) is 0 Å². The van der Waals surface area contributed by atoms with Crippen LogP contribution < -0.4 is 0 Å². The summed E-state index contributed by atoms with van der Waals surface area (Å²) in [6.07, 6.45) is 3.16. The predicted molar refractivity (Wildman–Crippen MR) is 78.4 cm³/mol. The molecule has 2 aromatic rings. The van der Waals surface area contributed by atoms with Gasteiger partial charge in [0.05, 0.1) is 0 Å². The summed E-state index contributed by atoms with van der Waals surface area (Å²) in [4.78, 5) is 25.0. The molecule has 0 atom stereocenters. The van der Waals surface area contributed by atoms with Gasteiger partial charge in [0.15, 0.2) is 11.6 Å². The first-order chi connectivity index (χ1) is 9.72. The number of carbonyl (C=O) groups is 2. The Bertz CT molecular complexity index is 698. The van der Waals surface area contributed by atoms with Crippen molar-refractivity contribution >= 4 is 11.6 Å². The molecular formula is C18H16O2. The molecule has 2 heteroatoms. The van der Waals surface area contributed by atoms with Crippen LogP contribution in [0.25, 0.3) is 0 Å². The van der Waals surface area contributed by atoms with Crippen LogP contribution in [0.4, 0.5) is 0 Å². The van der Waals surface area contributed by atoms with Crippen LogP contribution in [-0.4, -0.2) is 11.6 Å². The van der Waals surface area contributed by atoms with Crippen molar-refractivity contribution in [2.24, 2.45) is 0 Å². The molecule has 0 fully saturated rings. The Morgan fingerprint density at radius 2 is 1.40 bits per heavy atom. The number of fused-ring (bicyclic) bond motifs is 2. The van der Waals surface area contributed by atoms with E-state index >= 15 is 0 Å². The third kappa shape index (κ3) is 1.97. The SMILES string of the molecule is CCCCc1ccc2c(c1)C(=O)c1ccccc1C2=O. The summed E-state index contributed by atoms with van der Waals surface area (Å²) < 4.78 is 0. The van der Waals surface area contributed by atoms with Crippen LogP contribution in [0.5, 0.6) is 0 Å². The van der Waals surface area contributed by atoms with Crippen LogP contribution in [0.15, 0.2) is 42.5 Å². The third-order valence-electron chi connectivity index (χ3n) is 3.81. The van der Waals surface area contributed by atoms with E-state index in [2.05, 4.69) is 6.92 Å². The molecule has 3 rings (SSSR count). The van der Waals surface area contributed by atoms with E-state index in [0.29, 0.717) is 22.3 Å². The zero-order valence-corrected chi connectivity index (χ0v) is 11.5. The zero-order valence-electron chi connectivity index (χ0n) is 11.5. The minimum Gasteiger partial charge on any atom is -0.289 e. The van der Waals surface area contributed by atoms with Crippen molar-refractivity contribution in [3.05, 3.63) is 70.3 Å². The largest absolute Gasteiger partial charge is 0.289 e. The van der Waals surface area contributed by atoms with Gasteiger partial charge in [-0.2, -0.15) is 0 Å². The van der Waals surface area contributed by atoms with Crippen molar-refractivity contribution in [3.63, 3.8) is 0 Å². The van der Waals surface area contributed by atoms with Gasteiger partial charge in [-0.15, -0.1) is 0 Å². The number of carbonyl (C=O) groups excluding carboxylic acids is 2. The molecule has 0 spiro atoms. The maximum Gasteiger partial charge on any atom is 0.194 e. The van der Waals surface area contributed by atoms with Gasteiger partial charge in [0, 0.05) is 22.3 Å². The molecule has 0 N–H and O–H groups in total. The Kier molecular flexibility index (Phi) is 3.23. The molecule has 2 nitrogen and oxygen atoms in total. The zero-order chi connectivity index (χ0) is 14.1. The summed E-state index contributed by atoms with van der Waals surface area (Å²) in [6, 6.07) is 12.7.